The first-order valence-electron chi connectivity index (χ1n) is 10.3. The van der Waals surface area contributed by atoms with Gasteiger partial charge in [-0.25, -0.2) is 14.4 Å². The molecule has 0 spiro atoms. The molecule has 0 aliphatic heterocycles. The molecule has 0 aliphatic rings. The number of para-hydroxylation sites is 1. The second-order valence-corrected chi connectivity index (χ2v) is 6.98. The van der Waals surface area contributed by atoms with Gasteiger partial charge in [0, 0.05) is 24.4 Å². The predicted octanol–water partition coefficient (Wildman–Crippen LogP) is 3.62. The van der Waals surface area contributed by atoms with Gasteiger partial charge in [0.15, 0.2) is 5.69 Å². The zero-order valence-corrected chi connectivity index (χ0v) is 18.5. The molecular weight excluding hydrogens is 458 g/mol. The molecule has 2 aromatic heterocycles. The highest BCUT2D eigenvalue weighted by atomic mass is 19.3. The number of alkyl halides is 2. The van der Waals surface area contributed by atoms with Crippen molar-refractivity contribution >= 4 is 11.4 Å². The van der Waals surface area contributed by atoms with E-state index in [9.17, 15) is 13.6 Å². The van der Waals surface area contributed by atoms with E-state index >= 15 is 0 Å². The van der Waals surface area contributed by atoms with Crippen molar-refractivity contribution in [3.8, 4) is 23.0 Å². The van der Waals surface area contributed by atoms with Crippen molar-refractivity contribution in [1.82, 2.24) is 19.6 Å². The van der Waals surface area contributed by atoms with Crippen LogP contribution >= 0.6 is 0 Å². The fourth-order valence-electron chi connectivity index (χ4n) is 3.27. The molecule has 0 fully saturated rings. The molecular formula is C24H20F2N6O3. The number of methoxy groups -OCH3 is 1. The van der Waals surface area contributed by atoms with Crippen molar-refractivity contribution in [1.29, 1.82) is 0 Å². The molecule has 0 unspecified atom stereocenters. The molecule has 4 rings (SSSR count). The Labute approximate surface area is 198 Å². The van der Waals surface area contributed by atoms with Crippen LogP contribution in [0.3, 0.4) is 0 Å². The summed E-state index contributed by atoms with van der Waals surface area (Å²) in [5, 5.41) is 8.49. The third-order valence-electron chi connectivity index (χ3n) is 4.78. The van der Waals surface area contributed by atoms with Crippen LogP contribution in [0.1, 0.15) is 5.69 Å². The molecule has 35 heavy (non-hydrogen) atoms. The molecule has 2 N–H and O–H groups in total. The maximum absolute atomic E-state index is 12.7. The van der Waals surface area contributed by atoms with Crippen molar-refractivity contribution in [2.24, 2.45) is 10.7 Å². The van der Waals surface area contributed by atoms with Gasteiger partial charge in [0.2, 0.25) is 11.3 Å². The Morgan fingerprint density at radius 1 is 1.14 bits per heavy atom. The molecule has 0 saturated carbocycles. The molecule has 4 aromatic rings. The zero-order valence-electron chi connectivity index (χ0n) is 18.5. The predicted molar refractivity (Wildman–Crippen MR) is 126 cm³/mol. The lowest BCUT2D eigenvalue weighted by molar-refractivity contribution is -0.0544. The van der Waals surface area contributed by atoms with Crippen LogP contribution in [0, 0.1) is 0 Å². The van der Waals surface area contributed by atoms with E-state index in [2.05, 4.69) is 19.9 Å². The van der Waals surface area contributed by atoms with Gasteiger partial charge in [-0.05, 0) is 36.5 Å². The Morgan fingerprint density at radius 2 is 1.94 bits per heavy atom. The van der Waals surface area contributed by atoms with Crippen LogP contribution in [0.25, 0.3) is 11.4 Å². The summed E-state index contributed by atoms with van der Waals surface area (Å²) in [6.45, 7) is -3.00. The Balaban J connectivity index is 1.77. The van der Waals surface area contributed by atoms with E-state index in [0.717, 1.165) is 0 Å². The lowest BCUT2D eigenvalue weighted by Gasteiger charge is -2.14. The maximum atomic E-state index is 12.7. The van der Waals surface area contributed by atoms with Gasteiger partial charge < -0.3 is 15.2 Å². The van der Waals surface area contributed by atoms with Crippen molar-refractivity contribution in [2.75, 3.05) is 7.11 Å². The summed E-state index contributed by atoms with van der Waals surface area (Å²) < 4.78 is 38.1. The Kier molecular flexibility index (Phi) is 6.96. The van der Waals surface area contributed by atoms with Gasteiger partial charge in [0.25, 0.3) is 0 Å². The monoisotopic (exact) mass is 478 g/mol. The van der Waals surface area contributed by atoms with Gasteiger partial charge in [0.1, 0.15) is 11.4 Å². The molecule has 0 bridgehead atoms. The molecule has 2 heterocycles. The summed E-state index contributed by atoms with van der Waals surface area (Å²) >= 11 is 0. The van der Waals surface area contributed by atoms with Crippen molar-refractivity contribution in [3.63, 3.8) is 0 Å². The van der Waals surface area contributed by atoms with Crippen molar-refractivity contribution in [3.05, 3.63) is 101 Å². The number of nitrogens with zero attached hydrogens (tertiary/aromatic N) is 5. The van der Waals surface area contributed by atoms with Crippen LogP contribution in [0.15, 0.2) is 95.1 Å². The number of aromatic nitrogens is 4. The van der Waals surface area contributed by atoms with Crippen LogP contribution in [0.5, 0.6) is 11.6 Å². The normalized spacial score (nSPS) is 11.8. The highest BCUT2D eigenvalue weighted by Gasteiger charge is 2.16. The van der Waals surface area contributed by atoms with Gasteiger partial charge in [-0.3, -0.25) is 4.79 Å². The van der Waals surface area contributed by atoms with E-state index in [-0.39, 0.29) is 22.7 Å². The van der Waals surface area contributed by atoms with Gasteiger partial charge in [-0.1, -0.05) is 18.2 Å². The van der Waals surface area contributed by atoms with Crippen molar-refractivity contribution < 1.29 is 18.3 Å². The highest BCUT2D eigenvalue weighted by molar-refractivity contribution is 6.08. The van der Waals surface area contributed by atoms with E-state index in [1.54, 1.807) is 30.3 Å². The van der Waals surface area contributed by atoms with Crippen LogP contribution in [0.4, 0.5) is 14.5 Å². The minimum Gasteiger partial charge on any atom is -0.494 e. The van der Waals surface area contributed by atoms with Gasteiger partial charge in [0.05, 0.1) is 30.4 Å². The number of nitrogens with two attached hydrogens (primary N) is 1. The first-order valence-corrected chi connectivity index (χ1v) is 10.3. The number of benzene rings is 2. The summed E-state index contributed by atoms with van der Waals surface area (Å²) in [5.41, 5.74) is 7.11. The SMILES string of the molecule is COc1cc(-n2nccc2OC(F)F)ccc1-n1ccc(=O)c(C(C=CN)=Nc2ccccc2)n1. The number of ether oxygens (including phenoxy) is 2. The zero-order chi connectivity index (χ0) is 24.8. The smallest absolute Gasteiger partial charge is 0.388 e. The van der Waals surface area contributed by atoms with Crippen LogP contribution in [-0.4, -0.2) is 39.0 Å². The summed E-state index contributed by atoms with van der Waals surface area (Å²) in [4.78, 5) is 17.1. The van der Waals surface area contributed by atoms with E-state index in [0.29, 0.717) is 22.8 Å². The van der Waals surface area contributed by atoms with Gasteiger partial charge >= 0.3 is 6.61 Å². The largest absolute Gasteiger partial charge is 0.494 e. The van der Waals surface area contributed by atoms with E-state index in [1.807, 2.05) is 18.2 Å². The third-order valence-corrected chi connectivity index (χ3v) is 4.78. The molecule has 11 heteroatoms. The maximum Gasteiger partial charge on any atom is 0.388 e. The number of rotatable bonds is 8. The van der Waals surface area contributed by atoms with E-state index in [1.165, 1.54) is 53.3 Å². The minimum absolute atomic E-state index is 0.0730. The highest BCUT2D eigenvalue weighted by Crippen LogP contribution is 2.28. The molecule has 0 saturated heterocycles. The number of halogens is 2. The lowest BCUT2D eigenvalue weighted by atomic mass is 10.2. The number of allylic oxidation sites excluding steroid dienone is 1. The van der Waals surface area contributed by atoms with Gasteiger partial charge in [-0.2, -0.15) is 19.0 Å². The summed E-state index contributed by atoms with van der Waals surface area (Å²) in [7, 11) is 1.45. The van der Waals surface area contributed by atoms with Crippen LogP contribution < -0.4 is 20.6 Å². The Hall–Kier alpha value is -4.80. The molecule has 0 amide bonds. The quantitative estimate of drug-likeness (QED) is 0.388. The second kappa shape index (κ2) is 10.4. The summed E-state index contributed by atoms with van der Waals surface area (Å²) in [5.74, 6) is 0.216. The average molecular weight is 478 g/mol. The summed E-state index contributed by atoms with van der Waals surface area (Å²) in [6.07, 6.45) is 5.59. The summed E-state index contributed by atoms with van der Waals surface area (Å²) in [6, 6.07) is 16.6. The molecule has 0 aliphatic carbocycles. The van der Waals surface area contributed by atoms with Crippen LogP contribution in [0.2, 0.25) is 0 Å². The number of aliphatic imine (C=N–C) groups is 1. The topological polar surface area (TPSA) is 110 Å². The Morgan fingerprint density at radius 3 is 2.66 bits per heavy atom. The molecule has 178 valence electrons. The second-order valence-electron chi connectivity index (χ2n) is 6.98. The minimum atomic E-state index is -3.00. The standard InChI is InChI=1S/C24H20F2N6O3/c1-34-21-15-17(32-22(10-13-28-32)35-24(25)26)7-8-19(21)31-14-11-20(33)23(30-31)18(9-12-27)29-16-5-3-2-4-6-16/h2-15,24H,27H2,1H3. The molecule has 0 atom stereocenters. The fourth-order valence-corrected chi connectivity index (χ4v) is 3.27. The molecule has 0 radical (unpaired) electrons. The van der Waals surface area contributed by atoms with E-state index in [4.69, 9.17) is 10.5 Å². The average Bonchev–Trinajstić information content (AvgIpc) is 3.32. The lowest BCUT2D eigenvalue weighted by Crippen LogP contribution is -2.20. The Bertz CT molecular complexity index is 1430. The first kappa shape index (κ1) is 23.4. The van der Waals surface area contributed by atoms with Crippen LogP contribution in [-0.2, 0) is 0 Å². The fraction of sp³-hybridized carbons (Fsp3) is 0.0833. The van der Waals surface area contributed by atoms with Crippen molar-refractivity contribution in [2.45, 2.75) is 6.61 Å². The van der Waals surface area contributed by atoms with Gasteiger partial charge in [-0.15, -0.1) is 0 Å². The third kappa shape index (κ3) is 5.24. The molecule has 2 aromatic carbocycles. The molecule has 9 nitrogen and oxygen atoms in total. The first-order chi connectivity index (χ1) is 17.0. The number of hydrogen-bond donors (Lipinski definition) is 1. The number of hydrogen-bond acceptors (Lipinski definition) is 7. The van der Waals surface area contributed by atoms with E-state index < -0.39 is 6.61 Å².